The van der Waals surface area contributed by atoms with E-state index in [1.807, 2.05) is 0 Å². The predicted octanol–water partition coefficient (Wildman–Crippen LogP) is 7.28. The number of halogens is 8. The summed E-state index contributed by atoms with van der Waals surface area (Å²) in [5.41, 5.74) is -1.15. The van der Waals surface area contributed by atoms with Crippen molar-refractivity contribution in [1.82, 2.24) is 25.6 Å². The summed E-state index contributed by atoms with van der Waals surface area (Å²) in [6.45, 7) is 2.82. The number of hydrogen-bond acceptors (Lipinski definition) is 5. The highest BCUT2D eigenvalue weighted by atomic mass is 35.5. The lowest BCUT2D eigenvalue weighted by Gasteiger charge is -2.30. The quantitative estimate of drug-likeness (QED) is 0.195. The minimum atomic E-state index is -4.31. The van der Waals surface area contributed by atoms with E-state index in [0.717, 1.165) is 13.8 Å². The standard InChI is InChI=1S/C29H31Cl2F6N5O3/c1-13(38-27(44)28(2,3)34)16-8-9-19(30)17(23(16)31)11-22-40-20-10-18(26(42-24(20)41-22)45-12-21(32)33)25(43)39-15-6-4-14(5-7-15)29(35,36)37/h8-10,13-15,21H,4-7,11-12H2,1-3H3,(H,38,44)(H,39,43)(H,40,41,42). The molecule has 45 heavy (non-hydrogen) atoms. The number of ether oxygens (including phenoxy) is 1. The van der Waals surface area contributed by atoms with Crippen molar-refractivity contribution >= 4 is 46.2 Å². The molecule has 1 unspecified atom stereocenters. The second-order valence-electron chi connectivity index (χ2n) is 11.4. The van der Waals surface area contributed by atoms with E-state index in [-0.39, 0.29) is 64.7 Å². The highest BCUT2D eigenvalue weighted by molar-refractivity contribution is 6.36. The summed E-state index contributed by atoms with van der Waals surface area (Å²) in [6, 6.07) is 3.24. The molecular weight excluding hydrogens is 651 g/mol. The second kappa shape index (κ2) is 13.6. The van der Waals surface area contributed by atoms with Crippen LogP contribution >= 0.6 is 23.2 Å². The van der Waals surface area contributed by atoms with E-state index in [2.05, 4.69) is 25.6 Å². The Balaban J connectivity index is 1.59. The van der Waals surface area contributed by atoms with Gasteiger partial charge in [0.25, 0.3) is 18.2 Å². The molecule has 2 heterocycles. The number of amides is 2. The fraction of sp³-hybridized carbons (Fsp3) is 0.517. The molecule has 2 aromatic heterocycles. The summed E-state index contributed by atoms with van der Waals surface area (Å²) >= 11 is 13.1. The average Bonchev–Trinajstić information content (AvgIpc) is 3.34. The molecule has 0 bridgehead atoms. The summed E-state index contributed by atoms with van der Waals surface area (Å²) < 4.78 is 84.3. The molecule has 16 heteroatoms. The van der Waals surface area contributed by atoms with Gasteiger partial charge in [0.2, 0.25) is 5.88 Å². The lowest BCUT2D eigenvalue weighted by molar-refractivity contribution is -0.182. The number of nitrogens with one attached hydrogen (secondary N) is 3. The number of carbonyl (C=O) groups excluding carboxylic acids is 2. The van der Waals surface area contributed by atoms with E-state index < -0.39 is 60.6 Å². The van der Waals surface area contributed by atoms with Gasteiger partial charge in [-0.1, -0.05) is 29.3 Å². The zero-order valence-corrected chi connectivity index (χ0v) is 25.9. The molecule has 1 saturated carbocycles. The number of alkyl halides is 6. The number of rotatable bonds is 10. The number of aromatic nitrogens is 3. The van der Waals surface area contributed by atoms with Crippen LogP contribution in [0, 0.1) is 5.92 Å². The molecule has 3 aromatic rings. The maximum atomic E-state index is 14.1. The zero-order valence-electron chi connectivity index (χ0n) is 24.4. The minimum absolute atomic E-state index is 0.0222. The van der Waals surface area contributed by atoms with Gasteiger partial charge in [0, 0.05) is 17.5 Å². The van der Waals surface area contributed by atoms with Crippen molar-refractivity contribution in [3.8, 4) is 5.88 Å². The van der Waals surface area contributed by atoms with Gasteiger partial charge in [0.15, 0.2) is 17.9 Å². The van der Waals surface area contributed by atoms with E-state index in [9.17, 15) is 35.9 Å². The van der Waals surface area contributed by atoms with Crippen molar-refractivity contribution in [2.75, 3.05) is 6.61 Å². The summed E-state index contributed by atoms with van der Waals surface area (Å²) in [7, 11) is 0. The average molecular weight is 682 g/mol. The molecule has 1 atom stereocenters. The molecule has 2 amide bonds. The van der Waals surface area contributed by atoms with Crippen LogP contribution in [-0.4, -0.2) is 57.7 Å². The molecule has 0 radical (unpaired) electrons. The fourth-order valence-corrected chi connectivity index (χ4v) is 5.70. The predicted molar refractivity (Wildman–Crippen MR) is 156 cm³/mol. The summed E-state index contributed by atoms with van der Waals surface area (Å²) in [6.07, 6.45) is -7.25. The van der Waals surface area contributed by atoms with Crippen LogP contribution < -0.4 is 15.4 Å². The van der Waals surface area contributed by atoms with E-state index in [1.54, 1.807) is 19.1 Å². The number of imidazole rings is 1. The van der Waals surface area contributed by atoms with Gasteiger partial charge in [-0.25, -0.2) is 18.2 Å². The summed E-state index contributed by atoms with van der Waals surface area (Å²) in [4.78, 5) is 36.8. The Bertz CT molecular complexity index is 1550. The number of nitrogens with zero attached hydrogens (tertiary/aromatic N) is 2. The highest BCUT2D eigenvalue weighted by Gasteiger charge is 2.41. The highest BCUT2D eigenvalue weighted by Crippen LogP contribution is 2.38. The molecule has 4 rings (SSSR count). The van der Waals surface area contributed by atoms with E-state index >= 15 is 0 Å². The molecule has 3 N–H and O–H groups in total. The largest absolute Gasteiger partial charge is 0.471 e. The molecular formula is C29H31Cl2F6N5O3. The van der Waals surface area contributed by atoms with Crippen LogP contribution in [0.25, 0.3) is 11.2 Å². The molecule has 1 aromatic carbocycles. The van der Waals surface area contributed by atoms with Crippen molar-refractivity contribution in [3.05, 3.63) is 50.8 Å². The van der Waals surface area contributed by atoms with Gasteiger partial charge in [0.05, 0.1) is 22.5 Å². The smallest absolute Gasteiger partial charge is 0.391 e. The lowest BCUT2D eigenvalue weighted by atomic mass is 9.85. The Kier molecular flexibility index (Phi) is 10.5. The SMILES string of the molecule is CC(NC(=O)C(C)(C)F)c1ccc(Cl)c(Cc2nc3nc(OCC(F)F)c(C(=O)NC4CCC(C(F)(F)F)CC4)cc3[nH]2)c1Cl. The number of aromatic amines is 1. The van der Waals surface area contributed by atoms with Gasteiger partial charge in [-0.2, -0.15) is 18.2 Å². The first-order valence-electron chi connectivity index (χ1n) is 14.1. The van der Waals surface area contributed by atoms with Crippen molar-refractivity contribution in [2.45, 2.75) is 83.2 Å². The number of carbonyl (C=O) groups is 2. The van der Waals surface area contributed by atoms with Crippen LogP contribution in [0.3, 0.4) is 0 Å². The van der Waals surface area contributed by atoms with Crippen molar-refractivity contribution in [3.63, 3.8) is 0 Å². The Morgan fingerprint density at radius 1 is 1.09 bits per heavy atom. The van der Waals surface area contributed by atoms with E-state index in [4.69, 9.17) is 27.9 Å². The van der Waals surface area contributed by atoms with Gasteiger partial charge in [0.1, 0.15) is 11.4 Å². The van der Waals surface area contributed by atoms with Crippen LogP contribution in [0.2, 0.25) is 10.0 Å². The Hall–Kier alpha value is -3.26. The van der Waals surface area contributed by atoms with Gasteiger partial charge in [-0.3, -0.25) is 9.59 Å². The Labute approximate surface area is 264 Å². The number of benzene rings is 1. The normalized spacial score (nSPS) is 18.2. The van der Waals surface area contributed by atoms with Gasteiger partial charge < -0.3 is 20.4 Å². The molecule has 0 aliphatic heterocycles. The molecule has 1 fully saturated rings. The lowest BCUT2D eigenvalue weighted by Crippen LogP contribution is -2.40. The molecule has 246 valence electrons. The number of pyridine rings is 1. The number of fused-ring (bicyclic) bond motifs is 1. The molecule has 0 spiro atoms. The third-order valence-corrected chi connectivity index (χ3v) is 8.32. The fourth-order valence-electron chi connectivity index (χ4n) is 5.03. The first-order valence-corrected chi connectivity index (χ1v) is 14.8. The number of hydrogen-bond donors (Lipinski definition) is 3. The van der Waals surface area contributed by atoms with Crippen molar-refractivity contribution in [1.29, 1.82) is 0 Å². The van der Waals surface area contributed by atoms with E-state index in [0.29, 0.717) is 11.1 Å². The number of H-pyrrole nitrogens is 1. The van der Waals surface area contributed by atoms with E-state index in [1.165, 1.54) is 6.07 Å². The monoisotopic (exact) mass is 681 g/mol. The van der Waals surface area contributed by atoms with Crippen molar-refractivity contribution < 1.29 is 40.7 Å². The topological polar surface area (TPSA) is 109 Å². The zero-order chi connectivity index (χ0) is 33.3. The Morgan fingerprint density at radius 3 is 2.36 bits per heavy atom. The Morgan fingerprint density at radius 2 is 1.76 bits per heavy atom. The molecule has 8 nitrogen and oxygen atoms in total. The third-order valence-electron chi connectivity index (χ3n) is 7.52. The van der Waals surface area contributed by atoms with Gasteiger partial charge >= 0.3 is 6.18 Å². The molecule has 1 aliphatic rings. The van der Waals surface area contributed by atoms with Crippen LogP contribution in [0.1, 0.15) is 79.8 Å². The summed E-state index contributed by atoms with van der Waals surface area (Å²) in [5.74, 6) is -3.15. The van der Waals surface area contributed by atoms with Crippen LogP contribution in [0.5, 0.6) is 5.88 Å². The van der Waals surface area contributed by atoms with Crippen LogP contribution in [0.15, 0.2) is 18.2 Å². The van der Waals surface area contributed by atoms with Crippen molar-refractivity contribution in [2.24, 2.45) is 5.92 Å². The molecule has 0 saturated heterocycles. The van der Waals surface area contributed by atoms with Crippen LogP contribution in [-0.2, 0) is 11.2 Å². The maximum absolute atomic E-state index is 14.1. The summed E-state index contributed by atoms with van der Waals surface area (Å²) in [5, 5.41) is 5.69. The molecule has 1 aliphatic carbocycles. The van der Waals surface area contributed by atoms with Gasteiger partial charge in [-0.15, -0.1) is 0 Å². The first kappa shape index (κ1) is 34.6. The van der Waals surface area contributed by atoms with Gasteiger partial charge in [-0.05, 0) is 69.7 Å². The van der Waals surface area contributed by atoms with Crippen LogP contribution in [0.4, 0.5) is 26.3 Å². The first-order chi connectivity index (χ1) is 20.9. The third kappa shape index (κ3) is 8.51. The minimum Gasteiger partial charge on any atom is -0.471 e. The maximum Gasteiger partial charge on any atom is 0.391 e. The second-order valence-corrected chi connectivity index (χ2v) is 12.2.